The van der Waals surface area contributed by atoms with E-state index in [1.807, 2.05) is 4.90 Å². The van der Waals surface area contributed by atoms with E-state index in [1.165, 1.54) is 4.90 Å². The maximum Gasteiger partial charge on any atom is 0.414 e. The fourth-order valence-corrected chi connectivity index (χ4v) is 4.01. The van der Waals surface area contributed by atoms with Gasteiger partial charge >= 0.3 is 24.1 Å². The summed E-state index contributed by atoms with van der Waals surface area (Å²) in [6.45, 7) is 6.85. The summed E-state index contributed by atoms with van der Waals surface area (Å²) in [7, 11) is 0. The van der Waals surface area contributed by atoms with Crippen LogP contribution in [0.3, 0.4) is 0 Å². The van der Waals surface area contributed by atoms with Crippen LogP contribution in [0.1, 0.15) is 19.4 Å². The van der Waals surface area contributed by atoms with Gasteiger partial charge in [0, 0.05) is 44.0 Å². The van der Waals surface area contributed by atoms with Gasteiger partial charge in [-0.2, -0.15) is 0 Å². The number of urea groups is 1. The summed E-state index contributed by atoms with van der Waals surface area (Å²) in [6.07, 6.45) is -0.777. The Kier molecular flexibility index (Phi) is 9.19. The van der Waals surface area contributed by atoms with Crippen LogP contribution in [0.2, 0.25) is 0 Å². The van der Waals surface area contributed by atoms with Gasteiger partial charge in [-0.3, -0.25) is 35.0 Å². The fraction of sp³-hybridized carbons (Fsp3) is 0.522. The number of ether oxygens (including phenoxy) is 2. The third-order valence-corrected chi connectivity index (χ3v) is 6.05. The van der Waals surface area contributed by atoms with E-state index in [0.29, 0.717) is 50.5 Å². The number of anilines is 1. The van der Waals surface area contributed by atoms with Crippen molar-refractivity contribution in [1.29, 1.82) is 5.41 Å². The molecule has 2 saturated heterocycles. The van der Waals surface area contributed by atoms with E-state index in [2.05, 4.69) is 15.5 Å². The van der Waals surface area contributed by atoms with Crippen molar-refractivity contribution in [3.63, 3.8) is 0 Å². The normalized spacial score (nSPS) is 19.3. The second-order valence-electron chi connectivity index (χ2n) is 8.50. The summed E-state index contributed by atoms with van der Waals surface area (Å²) in [4.78, 5) is 52.4. The standard InChI is InChI=1S/C23H32N6O7/c1-3-35-19(30)12-25-22(33)26-20(24)16-4-6-17(7-5-16)29-14-18(36-23(29)34)13-27-8-10-28(11-9-27)15(2)21(31)32/h4-7,15,18H,3,8-14H2,1-2H3,(H,31,32)(H3,24,25,26,33). The van der Waals surface area contributed by atoms with Crippen molar-refractivity contribution in [1.82, 2.24) is 20.4 Å². The molecule has 3 rings (SSSR count). The second kappa shape index (κ2) is 12.3. The number of carboxylic acids is 1. The number of piperazine rings is 1. The van der Waals surface area contributed by atoms with E-state index < -0.39 is 30.1 Å². The highest BCUT2D eigenvalue weighted by atomic mass is 16.6. The lowest BCUT2D eigenvalue weighted by Crippen LogP contribution is -2.53. The molecule has 0 radical (unpaired) electrons. The van der Waals surface area contributed by atoms with Crippen LogP contribution >= 0.6 is 0 Å². The fourth-order valence-electron chi connectivity index (χ4n) is 4.01. The van der Waals surface area contributed by atoms with Crippen LogP contribution < -0.4 is 15.5 Å². The molecular formula is C23H32N6O7. The van der Waals surface area contributed by atoms with Crippen molar-refractivity contribution in [3.8, 4) is 0 Å². The number of carboxylic acid groups (broad SMARTS) is 1. The second-order valence-corrected chi connectivity index (χ2v) is 8.50. The molecule has 2 aliphatic rings. The zero-order valence-corrected chi connectivity index (χ0v) is 20.4. The third-order valence-electron chi connectivity index (χ3n) is 6.05. The van der Waals surface area contributed by atoms with Gasteiger partial charge in [0.2, 0.25) is 0 Å². The number of rotatable bonds is 9. The average Bonchev–Trinajstić information content (AvgIpc) is 3.22. The van der Waals surface area contributed by atoms with Gasteiger partial charge in [0.15, 0.2) is 0 Å². The Hall–Kier alpha value is -3.71. The van der Waals surface area contributed by atoms with E-state index in [-0.39, 0.29) is 25.1 Å². The van der Waals surface area contributed by atoms with Gasteiger partial charge in [-0.25, -0.2) is 9.59 Å². The topological polar surface area (TPSA) is 165 Å². The van der Waals surface area contributed by atoms with Crippen LogP contribution in [0.15, 0.2) is 24.3 Å². The van der Waals surface area contributed by atoms with Crippen molar-refractivity contribution >= 4 is 35.6 Å². The zero-order valence-electron chi connectivity index (χ0n) is 20.4. The lowest BCUT2D eigenvalue weighted by molar-refractivity contribution is -0.143. The summed E-state index contributed by atoms with van der Waals surface area (Å²) in [6, 6.07) is 5.31. The highest BCUT2D eigenvalue weighted by Gasteiger charge is 2.34. The molecule has 2 fully saturated rings. The number of amidine groups is 1. The van der Waals surface area contributed by atoms with Gasteiger partial charge in [-0.1, -0.05) is 0 Å². The van der Waals surface area contributed by atoms with Crippen molar-refractivity contribution in [2.75, 3.05) is 57.3 Å². The molecule has 0 aromatic heterocycles. The largest absolute Gasteiger partial charge is 0.480 e. The van der Waals surface area contributed by atoms with Gasteiger partial charge in [-0.15, -0.1) is 0 Å². The maximum absolute atomic E-state index is 12.4. The van der Waals surface area contributed by atoms with Gasteiger partial charge in [-0.05, 0) is 38.1 Å². The van der Waals surface area contributed by atoms with Crippen LogP contribution in [0.4, 0.5) is 15.3 Å². The number of esters is 1. The molecule has 0 bridgehead atoms. The molecular weight excluding hydrogens is 472 g/mol. The SMILES string of the molecule is CCOC(=O)CNC(=O)NC(=N)c1ccc(N2CC(CN3CCN(C(C)C(=O)O)CC3)OC2=O)cc1. The lowest BCUT2D eigenvalue weighted by Gasteiger charge is -2.37. The summed E-state index contributed by atoms with van der Waals surface area (Å²) in [5, 5.41) is 21.9. The summed E-state index contributed by atoms with van der Waals surface area (Å²) >= 11 is 0. The Morgan fingerprint density at radius 2 is 1.86 bits per heavy atom. The predicted octanol–water partition coefficient (Wildman–Crippen LogP) is 0.290. The zero-order chi connectivity index (χ0) is 26.2. The number of amides is 3. The molecule has 13 nitrogen and oxygen atoms in total. The molecule has 4 N–H and O–H groups in total. The van der Waals surface area contributed by atoms with Crippen LogP contribution in [0.5, 0.6) is 0 Å². The molecule has 0 spiro atoms. The third kappa shape index (κ3) is 7.15. The Morgan fingerprint density at radius 3 is 2.47 bits per heavy atom. The average molecular weight is 505 g/mol. The number of carbonyl (C=O) groups is 4. The Bertz CT molecular complexity index is 978. The molecule has 2 aliphatic heterocycles. The van der Waals surface area contributed by atoms with Gasteiger partial charge in [0.25, 0.3) is 0 Å². The molecule has 13 heteroatoms. The van der Waals surface area contributed by atoms with Crippen LogP contribution in [0.25, 0.3) is 0 Å². The Labute approximate surface area is 208 Å². The van der Waals surface area contributed by atoms with Crippen LogP contribution in [-0.4, -0.2) is 109 Å². The number of hydrogen-bond donors (Lipinski definition) is 4. The van der Waals surface area contributed by atoms with Gasteiger partial charge in [0.05, 0.1) is 13.2 Å². The van der Waals surface area contributed by atoms with Crippen LogP contribution in [0, 0.1) is 5.41 Å². The molecule has 36 heavy (non-hydrogen) atoms. The van der Waals surface area contributed by atoms with Crippen molar-refractivity contribution in [2.24, 2.45) is 0 Å². The molecule has 2 atom stereocenters. The first kappa shape index (κ1) is 26.9. The molecule has 2 heterocycles. The molecule has 0 saturated carbocycles. The number of carbonyl (C=O) groups excluding carboxylic acids is 3. The van der Waals surface area contributed by atoms with Crippen molar-refractivity contribution in [2.45, 2.75) is 26.0 Å². The Morgan fingerprint density at radius 1 is 1.19 bits per heavy atom. The molecule has 1 aromatic carbocycles. The number of hydrogen-bond acceptors (Lipinski definition) is 9. The molecule has 2 unspecified atom stereocenters. The first-order valence-electron chi connectivity index (χ1n) is 11.7. The minimum absolute atomic E-state index is 0.166. The van der Waals surface area contributed by atoms with Crippen LogP contribution in [-0.2, 0) is 19.1 Å². The van der Waals surface area contributed by atoms with Gasteiger partial charge < -0.3 is 19.9 Å². The van der Waals surface area contributed by atoms with E-state index in [9.17, 15) is 24.3 Å². The summed E-state index contributed by atoms with van der Waals surface area (Å²) in [5.74, 6) is -1.58. The highest BCUT2D eigenvalue weighted by Crippen LogP contribution is 2.23. The van der Waals surface area contributed by atoms with E-state index in [0.717, 1.165) is 0 Å². The highest BCUT2D eigenvalue weighted by molar-refractivity contribution is 6.06. The molecule has 3 amide bonds. The minimum atomic E-state index is -0.835. The van der Waals surface area contributed by atoms with E-state index >= 15 is 0 Å². The number of nitrogens with one attached hydrogen (secondary N) is 3. The van der Waals surface area contributed by atoms with Crippen molar-refractivity contribution < 1.29 is 33.8 Å². The maximum atomic E-state index is 12.4. The summed E-state index contributed by atoms with van der Waals surface area (Å²) in [5.41, 5.74) is 1.02. The Balaban J connectivity index is 1.47. The number of benzene rings is 1. The molecule has 0 aliphatic carbocycles. The summed E-state index contributed by atoms with van der Waals surface area (Å²) < 4.78 is 10.3. The predicted molar refractivity (Wildman–Crippen MR) is 129 cm³/mol. The lowest BCUT2D eigenvalue weighted by atomic mass is 10.1. The number of aliphatic carboxylic acids is 1. The monoisotopic (exact) mass is 504 g/mol. The quantitative estimate of drug-likeness (QED) is 0.210. The molecule has 196 valence electrons. The van der Waals surface area contributed by atoms with E-state index in [4.69, 9.17) is 14.9 Å². The first-order chi connectivity index (χ1) is 17.2. The first-order valence-corrected chi connectivity index (χ1v) is 11.7. The number of cyclic esters (lactones) is 1. The minimum Gasteiger partial charge on any atom is -0.480 e. The molecule has 1 aromatic rings. The smallest absolute Gasteiger partial charge is 0.414 e. The van der Waals surface area contributed by atoms with Crippen molar-refractivity contribution in [3.05, 3.63) is 29.8 Å². The van der Waals surface area contributed by atoms with Gasteiger partial charge in [0.1, 0.15) is 24.5 Å². The number of nitrogens with zero attached hydrogens (tertiary/aromatic N) is 3. The van der Waals surface area contributed by atoms with E-state index in [1.54, 1.807) is 38.1 Å².